The van der Waals surface area contributed by atoms with Gasteiger partial charge in [0.2, 0.25) is 0 Å². The third kappa shape index (κ3) is 5.13. The van der Waals surface area contributed by atoms with Gasteiger partial charge in [-0.2, -0.15) is 5.10 Å². The van der Waals surface area contributed by atoms with Crippen LogP contribution in [0.5, 0.6) is 23.0 Å². The fraction of sp³-hybridized carbons (Fsp3) is 0.222. The second-order valence-electron chi connectivity index (χ2n) is 5.16. The molecule has 0 fully saturated rings. The van der Waals surface area contributed by atoms with Crippen LogP contribution in [-0.4, -0.2) is 35.5 Å². The molecule has 0 spiro atoms. The van der Waals surface area contributed by atoms with E-state index >= 15 is 0 Å². The highest BCUT2D eigenvalue weighted by atomic mass is 16.5. The molecule has 3 N–H and O–H groups in total. The number of para-hydroxylation sites is 2. The highest BCUT2D eigenvalue weighted by Crippen LogP contribution is 2.26. The van der Waals surface area contributed by atoms with Crippen LogP contribution in [0.2, 0.25) is 0 Å². The van der Waals surface area contributed by atoms with E-state index in [0.717, 1.165) is 0 Å². The Labute approximate surface area is 145 Å². The zero-order valence-electron chi connectivity index (χ0n) is 14.0. The third-order valence-electron chi connectivity index (χ3n) is 3.24. The van der Waals surface area contributed by atoms with E-state index in [4.69, 9.17) is 9.47 Å². The number of rotatable bonds is 7. The number of carbonyl (C=O) groups excluding carboxylic acids is 1. The first kappa shape index (κ1) is 18.1. The molecule has 0 unspecified atom stereocenters. The van der Waals surface area contributed by atoms with Crippen LogP contribution >= 0.6 is 0 Å². The van der Waals surface area contributed by atoms with E-state index < -0.39 is 5.91 Å². The Hall–Kier alpha value is -3.22. The molecule has 0 aliphatic heterocycles. The lowest BCUT2D eigenvalue weighted by atomic mass is 10.1. The molecule has 7 nitrogen and oxygen atoms in total. The van der Waals surface area contributed by atoms with Gasteiger partial charge in [-0.05, 0) is 37.6 Å². The van der Waals surface area contributed by atoms with Gasteiger partial charge < -0.3 is 19.7 Å². The molecule has 7 heteroatoms. The molecule has 0 bridgehead atoms. The van der Waals surface area contributed by atoms with Crippen LogP contribution in [0, 0.1) is 6.92 Å². The summed E-state index contributed by atoms with van der Waals surface area (Å²) in [7, 11) is 0. The van der Waals surface area contributed by atoms with Crippen LogP contribution in [0.4, 0.5) is 0 Å². The number of nitrogens with one attached hydrogen (secondary N) is 1. The summed E-state index contributed by atoms with van der Waals surface area (Å²) in [6, 6.07) is 9.74. The lowest BCUT2D eigenvalue weighted by Crippen LogP contribution is -2.24. The van der Waals surface area contributed by atoms with Crippen molar-refractivity contribution >= 4 is 12.1 Å². The molecule has 25 heavy (non-hydrogen) atoms. The van der Waals surface area contributed by atoms with E-state index in [-0.39, 0.29) is 18.1 Å². The number of benzene rings is 2. The number of phenolic OH excluding ortho intramolecular Hbond substituents is 2. The summed E-state index contributed by atoms with van der Waals surface area (Å²) in [6.07, 6.45) is 1.30. The number of hydrogen-bond acceptors (Lipinski definition) is 6. The van der Waals surface area contributed by atoms with Crippen molar-refractivity contribution in [2.45, 2.75) is 13.8 Å². The molecule has 0 aromatic heterocycles. The van der Waals surface area contributed by atoms with Crippen LogP contribution in [0.1, 0.15) is 18.1 Å². The Morgan fingerprint density at radius 3 is 2.52 bits per heavy atom. The Kier molecular flexibility index (Phi) is 6.22. The summed E-state index contributed by atoms with van der Waals surface area (Å²) >= 11 is 0. The second kappa shape index (κ2) is 8.58. The molecule has 132 valence electrons. The third-order valence-corrected chi connectivity index (χ3v) is 3.24. The van der Waals surface area contributed by atoms with E-state index in [1.165, 1.54) is 18.3 Å². The van der Waals surface area contributed by atoms with E-state index in [9.17, 15) is 15.0 Å². The first-order valence-corrected chi connectivity index (χ1v) is 7.70. The Morgan fingerprint density at radius 1 is 1.20 bits per heavy atom. The lowest BCUT2D eigenvalue weighted by Gasteiger charge is -2.10. The van der Waals surface area contributed by atoms with E-state index in [2.05, 4.69) is 10.5 Å². The van der Waals surface area contributed by atoms with Crippen molar-refractivity contribution < 1.29 is 24.5 Å². The van der Waals surface area contributed by atoms with Gasteiger partial charge in [0.05, 0.1) is 12.8 Å². The van der Waals surface area contributed by atoms with Gasteiger partial charge in [0.15, 0.2) is 18.1 Å². The molecule has 2 aromatic rings. The van der Waals surface area contributed by atoms with Gasteiger partial charge in [-0.25, -0.2) is 5.43 Å². The quantitative estimate of drug-likeness (QED) is 0.529. The summed E-state index contributed by atoms with van der Waals surface area (Å²) < 4.78 is 10.8. The summed E-state index contributed by atoms with van der Waals surface area (Å²) in [5.41, 5.74) is 3.34. The Morgan fingerprint density at radius 2 is 1.88 bits per heavy atom. The predicted molar refractivity (Wildman–Crippen MR) is 93.4 cm³/mol. The van der Waals surface area contributed by atoms with Crippen LogP contribution in [0.25, 0.3) is 0 Å². The minimum absolute atomic E-state index is 0.0439. The molecule has 0 saturated carbocycles. The van der Waals surface area contributed by atoms with Crippen molar-refractivity contribution in [1.29, 1.82) is 0 Å². The highest BCUT2D eigenvalue weighted by Gasteiger charge is 2.08. The first-order chi connectivity index (χ1) is 12.0. The van der Waals surface area contributed by atoms with Crippen LogP contribution in [-0.2, 0) is 4.79 Å². The lowest BCUT2D eigenvalue weighted by molar-refractivity contribution is -0.123. The molecule has 1 amide bonds. The number of nitrogens with zero attached hydrogens (tertiary/aromatic N) is 1. The summed E-state index contributed by atoms with van der Waals surface area (Å²) in [5.74, 6) is 0.398. The van der Waals surface area contributed by atoms with Crippen LogP contribution in [0.15, 0.2) is 41.5 Å². The smallest absolute Gasteiger partial charge is 0.277 e. The molecular formula is C18H20N2O5. The maximum atomic E-state index is 11.8. The number of phenols is 2. The Bertz CT molecular complexity index is 751. The summed E-state index contributed by atoms with van der Waals surface area (Å²) in [6.45, 7) is 3.82. The van der Waals surface area contributed by atoms with Gasteiger partial charge in [-0.3, -0.25) is 4.79 Å². The van der Waals surface area contributed by atoms with Crippen molar-refractivity contribution in [3.63, 3.8) is 0 Å². The average Bonchev–Trinajstić information content (AvgIpc) is 2.56. The molecular weight excluding hydrogens is 324 g/mol. The number of amides is 1. The van der Waals surface area contributed by atoms with Crippen LogP contribution in [0.3, 0.4) is 0 Å². The molecule has 0 heterocycles. The summed E-state index contributed by atoms with van der Waals surface area (Å²) in [4.78, 5) is 11.8. The van der Waals surface area contributed by atoms with Crippen LogP contribution < -0.4 is 14.9 Å². The largest absolute Gasteiger partial charge is 0.508 e. The molecule has 0 aliphatic rings. The zero-order chi connectivity index (χ0) is 18.2. The molecule has 2 rings (SSSR count). The number of carbonyl (C=O) groups is 1. The number of aryl methyl sites for hydroxylation is 1. The van der Waals surface area contributed by atoms with Crippen molar-refractivity contribution in [3.8, 4) is 23.0 Å². The van der Waals surface area contributed by atoms with E-state index in [1.54, 1.807) is 25.1 Å². The van der Waals surface area contributed by atoms with Gasteiger partial charge >= 0.3 is 0 Å². The maximum absolute atomic E-state index is 11.8. The average molecular weight is 344 g/mol. The fourth-order valence-corrected chi connectivity index (χ4v) is 2.12. The minimum atomic E-state index is -0.460. The molecule has 0 aliphatic carbocycles. The van der Waals surface area contributed by atoms with E-state index in [1.807, 2.05) is 13.0 Å². The van der Waals surface area contributed by atoms with Crippen molar-refractivity contribution in [2.75, 3.05) is 13.2 Å². The van der Waals surface area contributed by atoms with Gasteiger partial charge in [0, 0.05) is 11.6 Å². The van der Waals surface area contributed by atoms with Gasteiger partial charge in [0.1, 0.15) is 11.5 Å². The monoisotopic (exact) mass is 344 g/mol. The molecule has 2 aromatic carbocycles. The predicted octanol–water partition coefficient (Wildman–Crippen LogP) is 2.33. The fourth-order valence-electron chi connectivity index (χ4n) is 2.12. The van der Waals surface area contributed by atoms with E-state index in [0.29, 0.717) is 29.2 Å². The number of ether oxygens (including phenoxy) is 2. The maximum Gasteiger partial charge on any atom is 0.277 e. The number of aromatic hydroxyl groups is 2. The minimum Gasteiger partial charge on any atom is -0.508 e. The van der Waals surface area contributed by atoms with Crippen molar-refractivity contribution in [2.24, 2.45) is 5.10 Å². The molecule has 0 saturated heterocycles. The highest BCUT2D eigenvalue weighted by molar-refractivity contribution is 5.87. The molecule has 0 radical (unpaired) electrons. The van der Waals surface area contributed by atoms with Crippen molar-refractivity contribution in [1.82, 2.24) is 5.43 Å². The number of hydrogen-bond donors (Lipinski definition) is 3. The van der Waals surface area contributed by atoms with Gasteiger partial charge in [-0.15, -0.1) is 0 Å². The van der Waals surface area contributed by atoms with Crippen molar-refractivity contribution in [3.05, 3.63) is 47.5 Å². The Balaban J connectivity index is 1.91. The zero-order valence-corrected chi connectivity index (χ0v) is 14.0. The van der Waals surface area contributed by atoms with Gasteiger partial charge in [-0.1, -0.05) is 12.1 Å². The first-order valence-electron chi connectivity index (χ1n) is 7.70. The standard InChI is InChI=1S/C18H20N2O5/c1-3-24-16-6-4-5-7-17(16)25-11-18(23)20-19-10-14-12(2)8-13(21)9-15(14)22/h4-10,21-22H,3,11H2,1-2H3,(H,20,23)/b19-10-. The van der Waals surface area contributed by atoms with Gasteiger partial charge in [0.25, 0.3) is 5.91 Å². The number of hydrazone groups is 1. The molecule has 0 atom stereocenters. The topological polar surface area (TPSA) is 100 Å². The second-order valence-corrected chi connectivity index (χ2v) is 5.16. The summed E-state index contributed by atoms with van der Waals surface area (Å²) in [5, 5.41) is 22.9. The SMILES string of the molecule is CCOc1ccccc1OCC(=O)N/N=C\c1c(C)cc(O)cc1O. The normalized spacial score (nSPS) is 10.6.